The van der Waals surface area contributed by atoms with Gasteiger partial charge in [0, 0.05) is 28.2 Å². The van der Waals surface area contributed by atoms with Gasteiger partial charge in [0.15, 0.2) is 0 Å². The van der Waals surface area contributed by atoms with Crippen LogP contribution >= 0.6 is 23.2 Å². The van der Waals surface area contributed by atoms with Crippen LogP contribution in [0.1, 0.15) is 54.5 Å². The summed E-state index contributed by atoms with van der Waals surface area (Å²) >= 11 is 12.1. The van der Waals surface area contributed by atoms with Crippen LogP contribution in [-0.4, -0.2) is 10.8 Å². The molecule has 0 amide bonds. The summed E-state index contributed by atoms with van der Waals surface area (Å²) in [6.45, 7) is 1.68. The van der Waals surface area contributed by atoms with E-state index in [2.05, 4.69) is 0 Å². The maximum absolute atomic E-state index is 10.9. The summed E-state index contributed by atoms with van der Waals surface area (Å²) in [6, 6.07) is 11.1. The number of hydrogen-bond donors (Lipinski definition) is 3. The van der Waals surface area contributed by atoms with Gasteiger partial charge >= 0.3 is 0 Å². The fourth-order valence-electron chi connectivity index (χ4n) is 3.45. The van der Waals surface area contributed by atoms with Crippen LogP contribution in [0.4, 0.5) is 0 Å². The van der Waals surface area contributed by atoms with E-state index >= 15 is 0 Å². The number of rotatable bonds is 4. The topological polar surface area (TPSA) is 70.1 Å². The van der Waals surface area contributed by atoms with Crippen molar-refractivity contribution in [2.45, 2.75) is 44.2 Å². The van der Waals surface area contributed by atoms with Crippen molar-refractivity contribution in [3.8, 4) is 0 Å². The third-order valence-electron chi connectivity index (χ3n) is 4.86. The first-order valence-corrected chi connectivity index (χ1v) is 9.17. The first-order chi connectivity index (χ1) is 11.8. The third-order valence-corrected chi connectivity index (χ3v) is 5.29. The van der Waals surface area contributed by atoms with E-state index in [0.717, 1.165) is 24.8 Å². The average molecular weight is 377 g/mol. The number of aryl methyl sites for hydroxylation is 1. The lowest BCUT2D eigenvalue weighted by molar-refractivity contribution is 0.0653. The van der Waals surface area contributed by atoms with Crippen molar-refractivity contribution in [1.82, 2.24) is 0 Å². The molecule has 0 saturated carbocycles. The second kappa shape index (κ2) is 7.08. The van der Waals surface area contributed by atoms with E-state index in [1.54, 1.807) is 25.1 Å². The van der Waals surface area contributed by atoms with Gasteiger partial charge in [-0.2, -0.15) is 0 Å². The molecule has 2 atom stereocenters. The molecule has 3 rings (SSSR count). The minimum atomic E-state index is -1.22. The SMILES string of the molecule is CC(O)(CC(=N)c1ccc2c(c1)CCCC2N)c1cc(Cl)cc(Cl)c1. The first kappa shape index (κ1) is 18.4. The summed E-state index contributed by atoms with van der Waals surface area (Å²) < 4.78 is 0. The van der Waals surface area contributed by atoms with Gasteiger partial charge in [-0.1, -0.05) is 35.3 Å². The van der Waals surface area contributed by atoms with Crippen molar-refractivity contribution in [3.05, 3.63) is 68.7 Å². The summed E-state index contributed by atoms with van der Waals surface area (Å²) in [6.07, 6.45) is 3.25. The number of halogens is 2. The Kier molecular flexibility index (Phi) is 5.21. The second-order valence-electron chi connectivity index (χ2n) is 7.00. The molecule has 1 aliphatic carbocycles. The number of hydrogen-bond acceptors (Lipinski definition) is 3. The normalized spacial score (nSPS) is 19.2. The third kappa shape index (κ3) is 4.06. The lowest BCUT2D eigenvalue weighted by atomic mass is 9.84. The molecule has 0 spiro atoms. The summed E-state index contributed by atoms with van der Waals surface area (Å²) in [5.41, 5.74) is 9.13. The van der Waals surface area contributed by atoms with Crippen molar-refractivity contribution in [2.75, 3.05) is 0 Å². The summed E-state index contributed by atoms with van der Waals surface area (Å²) in [5.74, 6) is 0. The van der Waals surface area contributed by atoms with E-state index < -0.39 is 5.60 Å². The summed E-state index contributed by atoms with van der Waals surface area (Å²) in [7, 11) is 0. The zero-order chi connectivity index (χ0) is 18.2. The predicted molar refractivity (Wildman–Crippen MR) is 104 cm³/mol. The molecule has 3 nitrogen and oxygen atoms in total. The zero-order valence-corrected chi connectivity index (χ0v) is 15.7. The predicted octanol–water partition coefficient (Wildman–Crippen LogP) is 5.00. The van der Waals surface area contributed by atoms with Crippen molar-refractivity contribution in [1.29, 1.82) is 5.41 Å². The summed E-state index contributed by atoms with van der Waals surface area (Å²) in [4.78, 5) is 0. The number of nitrogens with two attached hydrogens (primary N) is 1. The van der Waals surface area contributed by atoms with Crippen LogP contribution in [0.3, 0.4) is 0 Å². The van der Waals surface area contributed by atoms with Crippen LogP contribution < -0.4 is 5.73 Å². The molecule has 1 aliphatic rings. The minimum absolute atomic E-state index is 0.0868. The van der Waals surface area contributed by atoms with Crippen LogP contribution in [0.15, 0.2) is 36.4 Å². The van der Waals surface area contributed by atoms with E-state index in [9.17, 15) is 5.11 Å². The molecular formula is C20H22Cl2N2O. The molecule has 0 bridgehead atoms. The van der Waals surface area contributed by atoms with Gasteiger partial charge in [-0.05, 0) is 72.7 Å². The van der Waals surface area contributed by atoms with Gasteiger partial charge in [-0.3, -0.25) is 0 Å². The molecule has 0 aliphatic heterocycles. The molecule has 2 unspecified atom stereocenters. The monoisotopic (exact) mass is 376 g/mol. The Morgan fingerprint density at radius 1 is 1.24 bits per heavy atom. The molecular weight excluding hydrogens is 355 g/mol. The van der Waals surface area contributed by atoms with Crippen LogP contribution in [0, 0.1) is 5.41 Å². The molecule has 0 radical (unpaired) electrons. The quantitative estimate of drug-likeness (QED) is 0.657. The van der Waals surface area contributed by atoms with Crippen molar-refractivity contribution in [3.63, 3.8) is 0 Å². The van der Waals surface area contributed by atoms with Crippen LogP contribution in [0.5, 0.6) is 0 Å². The van der Waals surface area contributed by atoms with Gasteiger partial charge in [0.1, 0.15) is 0 Å². The van der Waals surface area contributed by atoms with Crippen molar-refractivity contribution < 1.29 is 5.11 Å². The molecule has 4 N–H and O–H groups in total. The van der Waals surface area contributed by atoms with E-state index in [4.69, 9.17) is 34.3 Å². The Morgan fingerprint density at radius 2 is 1.92 bits per heavy atom. The van der Waals surface area contributed by atoms with Gasteiger partial charge in [0.05, 0.1) is 5.60 Å². The molecule has 2 aromatic rings. The highest BCUT2D eigenvalue weighted by Gasteiger charge is 2.27. The first-order valence-electron chi connectivity index (χ1n) is 8.41. The Hall–Kier alpha value is -1.39. The molecule has 0 aromatic heterocycles. The van der Waals surface area contributed by atoms with E-state index in [0.29, 0.717) is 21.3 Å². The molecule has 0 heterocycles. The highest BCUT2D eigenvalue weighted by atomic mass is 35.5. The Balaban J connectivity index is 1.84. The van der Waals surface area contributed by atoms with E-state index in [1.807, 2.05) is 18.2 Å². The average Bonchev–Trinajstić information content (AvgIpc) is 2.53. The second-order valence-corrected chi connectivity index (χ2v) is 7.87. The van der Waals surface area contributed by atoms with Crippen molar-refractivity contribution in [2.24, 2.45) is 5.73 Å². The molecule has 25 heavy (non-hydrogen) atoms. The van der Waals surface area contributed by atoms with Crippen molar-refractivity contribution >= 4 is 28.9 Å². The molecule has 0 saturated heterocycles. The number of fused-ring (bicyclic) bond motifs is 1. The van der Waals surface area contributed by atoms with Gasteiger partial charge in [0.25, 0.3) is 0 Å². The lowest BCUT2D eigenvalue weighted by Gasteiger charge is -2.26. The molecule has 132 valence electrons. The fourth-order valence-corrected chi connectivity index (χ4v) is 3.98. The Bertz CT molecular complexity index is 797. The lowest BCUT2D eigenvalue weighted by Crippen LogP contribution is -2.25. The summed E-state index contributed by atoms with van der Waals surface area (Å²) in [5, 5.41) is 20.3. The Labute approximate surface area is 158 Å². The minimum Gasteiger partial charge on any atom is -0.385 e. The standard InChI is InChI=1S/C20H22Cl2N2O/c1-20(25,14-8-15(21)10-16(22)9-14)11-19(24)13-5-6-17-12(7-13)3-2-4-18(17)23/h5-10,18,24-25H,2-4,11,23H2,1H3. The number of nitrogens with one attached hydrogen (secondary N) is 1. The smallest absolute Gasteiger partial charge is 0.0924 e. The van der Waals surface area contributed by atoms with E-state index in [1.165, 1.54) is 11.1 Å². The van der Waals surface area contributed by atoms with Crippen LogP contribution in [0.2, 0.25) is 10.0 Å². The van der Waals surface area contributed by atoms with Crippen LogP contribution in [0.25, 0.3) is 0 Å². The highest BCUT2D eigenvalue weighted by molar-refractivity contribution is 6.34. The van der Waals surface area contributed by atoms with Gasteiger partial charge in [-0.15, -0.1) is 0 Å². The van der Waals surface area contributed by atoms with Gasteiger partial charge < -0.3 is 16.2 Å². The number of benzene rings is 2. The highest BCUT2D eigenvalue weighted by Crippen LogP contribution is 2.32. The molecule has 5 heteroatoms. The molecule has 0 fully saturated rings. The maximum atomic E-state index is 10.9. The van der Waals surface area contributed by atoms with Gasteiger partial charge in [-0.25, -0.2) is 0 Å². The maximum Gasteiger partial charge on any atom is 0.0924 e. The number of aliphatic hydroxyl groups is 1. The van der Waals surface area contributed by atoms with Gasteiger partial charge in [0.2, 0.25) is 0 Å². The largest absolute Gasteiger partial charge is 0.385 e. The Morgan fingerprint density at radius 3 is 2.60 bits per heavy atom. The zero-order valence-electron chi connectivity index (χ0n) is 14.2. The van der Waals surface area contributed by atoms with Crippen LogP contribution in [-0.2, 0) is 12.0 Å². The fraction of sp³-hybridized carbons (Fsp3) is 0.350. The van der Waals surface area contributed by atoms with E-state index in [-0.39, 0.29) is 12.5 Å². The molecule has 2 aromatic carbocycles.